The Bertz CT molecular complexity index is 539. The molecule has 2 N–H and O–H groups in total. The average molecular weight is 316 g/mol. The highest BCUT2D eigenvalue weighted by molar-refractivity contribution is 5.97. The Morgan fingerprint density at radius 3 is 2.76 bits per heavy atom. The minimum absolute atomic E-state index is 0. The molecule has 1 aromatic carbocycles. The highest BCUT2D eigenvalue weighted by Gasteiger charge is 2.24. The van der Waals surface area contributed by atoms with E-state index in [0.717, 1.165) is 13.1 Å². The first-order valence-electron chi connectivity index (χ1n) is 6.58. The van der Waals surface area contributed by atoms with Crippen LogP contribution in [0.1, 0.15) is 24.2 Å². The standard InChI is InChI=1S/C14H18FN3O2.ClH/c1-9-8-16-5-6-18(9)14(20)11-3-4-12(15)13(7-11)17-10(2)19;/h3-4,7,9,16H,5-6,8H2,1-2H3,(H,17,19);1H/t9-;/m1./s1. The van der Waals surface area contributed by atoms with Crippen LogP contribution in [-0.2, 0) is 4.79 Å². The zero-order chi connectivity index (χ0) is 14.7. The molecule has 0 aromatic heterocycles. The second-order valence-electron chi connectivity index (χ2n) is 4.93. The summed E-state index contributed by atoms with van der Waals surface area (Å²) in [7, 11) is 0. The first kappa shape index (κ1) is 17.4. The minimum Gasteiger partial charge on any atom is -0.333 e. The molecule has 1 atom stereocenters. The Kier molecular flexibility index (Phi) is 6.11. The molecule has 0 bridgehead atoms. The van der Waals surface area contributed by atoms with Crippen LogP contribution in [0.3, 0.4) is 0 Å². The lowest BCUT2D eigenvalue weighted by Gasteiger charge is -2.34. The fourth-order valence-corrected chi connectivity index (χ4v) is 2.25. The molecule has 1 aliphatic heterocycles. The van der Waals surface area contributed by atoms with Crippen LogP contribution in [0, 0.1) is 5.82 Å². The quantitative estimate of drug-likeness (QED) is 0.872. The number of nitrogens with zero attached hydrogens (tertiary/aromatic N) is 1. The van der Waals surface area contributed by atoms with Crippen LogP contribution in [-0.4, -0.2) is 42.4 Å². The van der Waals surface area contributed by atoms with Gasteiger partial charge >= 0.3 is 0 Å². The second-order valence-corrected chi connectivity index (χ2v) is 4.93. The van der Waals surface area contributed by atoms with Gasteiger partial charge in [-0.25, -0.2) is 4.39 Å². The van der Waals surface area contributed by atoms with Gasteiger partial charge in [0.25, 0.3) is 5.91 Å². The SMILES string of the molecule is CC(=O)Nc1cc(C(=O)N2CCNC[C@H]2C)ccc1F.Cl. The van der Waals surface area contributed by atoms with Gasteiger partial charge in [0.15, 0.2) is 0 Å². The average Bonchev–Trinajstić information content (AvgIpc) is 2.40. The van der Waals surface area contributed by atoms with Crippen molar-refractivity contribution >= 4 is 29.9 Å². The molecule has 1 aliphatic rings. The van der Waals surface area contributed by atoms with E-state index in [9.17, 15) is 14.0 Å². The van der Waals surface area contributed by atoms with Crippen molar-refractivity contribution < 1.29 is 14.0 Å². The summed E-state index contributed by atoms with van der Waals surface area (Å²) < 4.78 is 13.6. The lowest BCUT2D eigenvalue weighted by molar-refractivity contribution is -0.114. The maximum atomic E-state index is 13.6. The first-order chi connectivity index (χ1) is 9.49. The van der Waals surface area contributed by atoms with Gasteiger partial charge in [-0.15, -0.1) is 12.4 Å². The number of rotatable bonds is 2. The summed E-state index contributed by atoms with van der Waals surface area (Å²) in [5.41, 5.74) is 0.412. The minimum atomic E-state index is -0.551. The number of amides is 2. The monoisotopic (exact) mass is 315 g/mol. The fraction of sp³-hybridized carbons (Fsp3) is 0.429. The highest BCUT2D eigenvalue weighted by atomic mass is 35.5. The van der Waals surface area contributed by atoms with Gasteiger partial charge in [-0.1, -0.05) is 0 Å². The third kappa shape index (κ3) is 4.15. The summed E-state index contributed by atoms with van der Waals surface area (Å²) in [5, 5.41) is 5.59. The molecule has 2 rings (SSSR count). The fourth-order valence-electron chi connectivity index (χ4n) is 2.25. The van der Waals surface area contributed by atoms with E-state index in [-0.39, 0.29) is 36.0 Å². The number of benzene rings is 1. The highest BCUT2D eigenvalue weighted by Crippen LogP contribution is 2.18. The molecule has 1 heterocycles. The van der Waals surface area contributed by atoms with Crippen LogP contribution in [0.2, 0.25) is 0 Å². The smallest absolute Gasteiger partial charge is 0.254 e. The van der Waals surface area contributed by atoms with Gasteiger partial charge in [0.05, 0.1) is 5.69 Å². The summed E-state index contributed by atoms with van der Waals surface area (Å²) in [6.07, 6.45) is 0. The van der Waals surface area contributed by atoms with Crippen molar-refractivity contribution in [3.05, 3.63) is 29.6 Å². The summed E-state index contributed by atoms with van der Waals surface area (Å²) in [6.45, 7) is 5.36. The number of halogens is 2. The second kappa shape index (κ2) is 7.38. The Morgan fingerprint density at radius 2 is 2.14 bits per heavy atom. The summed E-state index contributed by atoms with van der Waals surface area (Å²) >= 11 is 0. The molecule has 1 saturated heterocycles. The maximum Gasteiger partial charge on any atom is 0.254 e. The van der Waals surface area contributed by atoms with E-state index in [1.54, 1.807) is 4.90 Å². The van der Waals surface area contributed by atoms with E-state index >= 15 is 0 Å². The molecular formula is C14H19ClFN3O2. The molecule has 0 unspecified atom stereocenters. The van der Waals surface area contributed by atoms with Gasteiger partial charge in [-0.2, -0.15) is 0 Å². The van der Waals surface area contributed by atoms with Crippen molar-refractivity contribution in [2.45, 2.75) is 19.9 Å². The molecule has 5 nitrogen and oxygen atoms in total. The van der Waals surface area contributed by atoms with Gasteiger partial charge < -0.3 is 15.5 Å². The number of hydrogen-bond donors (Lipinski definition) is 2. The normalized spacial score (nSPS) is 17.9. The Labute approximate surface area is 129 Å². The predicted octanol–water partition coefficient (Wildman–Crippen LogP) is 1.64. The Morgan fingerprint density at radius 1 is 1.43 bits per heavy atom. The number of nitrogens with one attached hydrogen (secondary N) is 2. The predicted molar refractivity (Wildman–Crippen MR) is 81.3 cm³/mol. The van der Waals surface area contributed by atoms with Gasteiger partial charge in [-0.3, -0.25) is 9.59 Å². The van der Waals surface area contributed by atoms with Crippen LogP contribution < -0.4 is 10.6 Å². The Balaban J connectivity index is 0.00000220. The van der Waals surface area contributed by atoms with Crippen molar-refractivity contribution in [3.8, 4) is 0 Å². The van der Waals surface area contributed by atoms with Crippen molar-refractivity contribution in [1.29, 1.82) is 0 Å². The number of carbonyl (C=O) groups is 2. The van der Waals surface area contributed by atoms with Crippen molar-refractivity contribution in [2.24, 2.45) is 0 Å². The number of hydrogen-bond acceptors (Lipinski definition) is 3. The molecule has 21 heavy (non-hydrogen) atoms. The molecule has 116 valence electrons. The maximum absolute atomic E-state index is 13.6. The lowest BCUT2D eigenvalue weighted by atomic mass is 10.1. The first-order valence-corrected chi connectivity index (χ1v) is 6.58. The lowest BCUT2D eigenvalue weighted by Crippen LogP contribution is -2.52. The zero-order valence-electron chi connectivity index (χ0n) is 12.0. The summed E-state index contributed by atoms with van der Waals surface area (Å²) in [6, 6.07) is 4.11. The van der Waals surface area contributed by atoms with Crippen LogP contribution >= 0.6 is 12.4 Å². The van der Waals surface area contributed by atoms with Crippen LogP contribution in [0.5, 0.6) is 0 Å². The molecule has 0 spiro atoms. The zero-order valence-corrected chi connectivity index (χ0v) is 12.8. The molecule has 7 heteroatoms. The molecule has 0 saturated carbocycles. The van der Waals surface area contributed by atoms with Gasteiger partial charge in [0, 0.05) is 38.2 Å². The molecule has 2 amide bonds. The van der Waals surface area contributed by atoms with Crippen molar-refractivity contribution in [1.82, 2.24) is 10.2 Å². The molecule has 1 fully saturated rings. The molecule has 1 aromatic rings. The van der Waals surface area contributed by atoms with E-state index in [1.165, 1.54) is 25.1 Å². The van der Waals surface area contributed by atoms with E-state index < -0.39 is 5.82 Å². The summed E-state index contributed by atoms with van der Waals surface area (Å²) in [4.78, 5) is 25.2. The van der Waals surface area contributed by atoms with Gasteiger partial charge in [-0.05, 0) is 25.1 Å². The largest absolute Gasteiger partial charge is 0.333 e. The van der Waals surface area contributed by atoms with E-state index in [2.05, 4.69) is 10.6 Å². The number of anilines is 1. The molecule has 0 radical (unpaired) electrons. The van der Waals surface area contributed by atoms with E-state index in [1.807, 2.05) is 6.92 Å². The number of carbonyl (C=O) groups excluding carboxylic acids is 2. The van der Waals surface area contributed by atoms with E-state index in [0.29, 0.717) is 12.1 Å². The van der Waals surface area contributed by atoms with Crippen molar-refractivity contribution in [3.63, 3.8) is 0 Å². The Hall–Kier alpha value is -1.66. The van der Waals surface area contributed by atoms with Crippen LogP contribution in [0.4, 0.5) is 10.1 Å². The summed E-state index contributed by atoms with van der Waals surface area (Å²) in [5.74, 6) is -1.07. The van der Waals surface area contributed by atoms with E-state index in [4.69, 9.17) is 0 Å². The number of piperazine rings is 1. The third-order valence-corrected chi connectivity index (χ3v) is 3.29. The van der Waals surface area contributed by atoms with Gasteiger partial charge in [0.2, 0.25) is 5.91 Å². The molecular weight excluding hydrogens is 297 g/mol. The van der Waals surface area contributed by atoms with Gasteiger partial charge in [0.1, 0.15) is 5.82 Å². The van der Waals surface area contributed by atoms with Crippen LogP contribution in [0.25, 0.3) is 0 Å². The van der Waals surface area contributed by atoms with Crippen molar-refractivity contribution in [2.75, 3.05) is 25.0 Å². The molecule has 0 aliphatic carbocycles. The van der Waals surface area contributed by atoms with Crippen LogP contribution in [0.15, 0.2) is 18.2 Å². The topological polar surface area (TPSA) is 61.4 Å². The third-order valence-electron chi connectivity index (χ3n) is 3.29.